The molecule has 0 aliphatic carbocycles. The summed E-state index contributed by atoms with van der Waals surface area (Å²) in [5.74, 6) is 0.844. The fourth-order valence-corrected chi connectivity index (χ4v) is 2.78. The summed E-state index contributed by atoms with van der Waals surface area (Å²) >= 11 is 18.5. The van der Waals surface area contributed by atoms with Crippen molar-refractivity contribution in [3.8, 4) is 5.75 Å². The van der Waals surface area contributed by atoms with Crippen molar-refractivity contribution in [3.05, 3.63) is 63.1 Å². The van der Waals surface area contributed by atoms with Crippen LogP contribution in [0.2, 0.25) is 10.0 Å². The van der Waals surface area contributed by atoms with E-state index in [0.29, 0.717) is 10.0 Å². The first-order valence-corrected chi connectivity index (χ1v) is 6.95. The minimum absolute atomic E-state index is 0.291. The van der Waals surface area contributed by atoms with Crippen LogP contribution in [0.4, 0.5) is 0 Å². The zero-order valence-corrected chi connectivity index (χ0v) is 12.9. The van der Waals surface area contributed by atoms with Gasteiger partial charge in [-0.3, -0.25) is 0 Å². The molecule has 0 saturated carbocycles. The second kappa shape index (κ2) is 6.04. The van der Waals surface area contributed by atoms with Crippen molar-refractivity contribution in [3.63, 3.8) is 0 Å². The zero-order valence-electron chi connectivity index (χ0n) is 10.6. The molecule has 0 saturated heterocycles. The molecular formula is C15H13Cl3O. The molecule has 0 aliphatic rings. The monoisotopic (exact) mass is 314 g/mol. The molecule has 2 aromatic rings. The lowest BCUT2D eigenvalue weighted by Crippen LogP contribution is -1.96. The summed E-state index contributed by atoms with van der Waals surface area (Å²) in [7, 11) is 1.65. The van der Waals surface area contributed by atoms with Gasteiger partial charge in [-0.2, -0.15) is 0 Å². The van der Waals surface area contributed by atoms with Gasteiger partial charge >= 0.3 is 0 Å². The standard InChI is InChI=1S/C15H13Cl3O/c1-9-5-10(3-4-14(9)19-2)15(18)11-6-12(16)8-13(17)7-11/h3-8,15H,1-2H3. The molecule has 1 nitrogen and oxygen atoms in total. The predicted molar refractivity (Wildman–Crippen MR) is 81.9 cm³/mol. The predicted octanol–water partition coefficient (Wildman–Crippen LogP) is 5.64. The van der Waals surface area contributed by atoms with Gasteiger partial charge in [0, 0.05) is 10.0 Å². The molecule has 0 aromatic heterocycles. The maximum Gasteiger partial charge on any atom is 0.121 e. The summed E-state index contributed by atoms with van der Waals surface area (Å²) in [6, 6.07) is 11.2. The maximum absolute atomic E-state index is 6.48. The second-order valence-corrected chi connectivity index (χ2v) is 5.60. The fraction of sp³-hybridized carbons (Fsp3) is 0.200. The van der Waals surface area contributed by atoms with Gasteiger partial charge in [0.1, 0.15) is 5.75 Å². The van der Waals surface area contributed by atoms with E-state index in [1.807, 2.05) is 37.3 Å². The van der Waals surface area contributed by atoms with Crippen LogP contribution in [0.3, 0.4) is 0 Å². The van der Waals surface area contributed by atoms with Gasteiger partial charge in [-0.25, -0.2) is 0 Å². The van der Waals surface area contributed by atoms with E-state index in [0.717, 1.165) is 22.4 Å². The summed E-state index contributed by atoms with van der Waals surface area (Å²) in [6.07, 6.45) is 0. The summed E-state index contributed by atoms with van der Waals surface area (Å²) in [6.45, 7) is 1.98. The lowest BCUT2D eigenvalue weighted by molar-refractivity contribution is 0.411. The Balaban J connectivity index is 2.38. The normalized spacial score (nSPS) is 12.3. The molecule has 19 heavy (non-hydrogen) atoms. The summed E-state index contributed by atoms with van der Waals surface area (Å²) in [4.78, 5) is 0. The van der Waals surface area contributed by atoms with Crippen molar-refractivity contribution < 1.29 is 4.74 Å². The van der Waals surface area contributed by atoms with Crippen LogP contribution in [0.25, 0.3) is 0 Å². The zero-order chi connectivity index (χ0) is 14.0. The number of rotatable bonds is 3. The number of alkyl halides is 1. The molecule has 0 spiro atoms. The molecule has 2 aromatic carbocycles. The van der Waals surface area contributed by atoms with E-state index >= 15 is 0 Å². The first-order chi connectivity index (χ1) is 9.01. The van der Waals surface area contributed by atoms with Crippen LogP contribution in [0.15, 0.2) is 36.4 Å². The minimum atomic E-state index is -0.291. The molecule has 0 radical (unpaired) electrons. The lowest BCUT2D eigenvalue weighted by atomic mass is 10.0. The van der Waals surface area contributed by atoms with Crippen molar-refractivity contribution in [2.24, 2.45) is 0 Å². The van der Waals surface area contributed by atoms with Crippen LogP contribution in [-0.2, 0) is 0 Å². The minimum Gasteiger partial charge on any atom is -0.496 e. The van der Waals surface area contributed by atoms with Gasteiger partial charge in [-0.05, 0) is 47.9 Å². The van der Waals surface area contributed by atoms with Crippen LogP contribution in [0.1, 0.15) is 22.1 Å². The Hall–Kier alpha value is -0.890. The SMILES string of the molecule is COc1ccc(C(Cl)c2cc(Cl)cc(Cl)c2)cc1C. The number of halogens is 3. The first kappa shape index (κ1) is 14.5. The van der Waals surface area contributed by atoms with Crippen molar-refractivity contribution in [2.45, 2.75) is 12.3 Å². The molecule has 0 bridgehead atoms. The van der Waals surface area contributed by atoms with Gasteiger partial charge in [0.15, 0.2) is 0 Å². The number of benzene rings is 2. The number of aryl methyl sites for hydroxylation is 1. The summed E-state index contributed by atoms with van der Waals surface area (Å²) in [5.41, 5.74) is 2.90. The van der Waals surface area contributed by atoms with Crippen molar-refractivity contribution in [1.29, 1.82) is 0 Å². The third-order valence-corrected chi connectivity index (χ3v) is 3.83. The Morgan fingerprint density at radius 3 is 2.11 bits per heavy atom. The van der Waals surface area contributed by atoms with Crippen molar-refractivity contribution >= 4 is 34.8 Å². The first-order valence-electron chi connectivity index (χ1n) is 5.76. The lowest BCUT2D eigenvalue weighted by Gasteiger charge is -2.13. The van der Waals surface area contributed by atoms with Gasteiger partial charge in [0.05, 0.1) is 12.5 Å². The van der Waals surface area contributed by atoms with Gasteiger partial charge in [-0.1, -0.05) is 35.3 Å². The molecule has 0 N–H and O–H groups in total. The molecule has 4 heteroatoms. The highest BCUT2D eigenvalue weighted by Crippen LogP contribution is 2.34. The molecule has 1 atom stereocenters. The van der Waals surface area contributed by atoms with Crippen LogP contribution in [0.5, 0.6) is 5.75 Å². The van der Waals surface area contributed by atoms with E-state index in [1.165, 1.54) is 0 Å². The summed E-state index contributed by atoms with van der Waals surface area (Å²) < 4.78 is 5.24. The molecule has 0 aliphatic heterocycles. The average Bonchev–Trinajstić information content (AvgIpc) is 2.36. The third kappa shape index (κ3) is 3.36. The highest BCUT2D eigenvalue weighted by molar-refractivity contribution is 6.35. The van der Waals surface area contributed by atoms with Crippen LogP contribution in [-0.4, -0.2) is 7.11 Å². The highest BCUT2D eigenvalue weighted by atomic mass is 35.5. The van der Waals surface area contributed by atoms with Gasteiger partial charge in [0.25, 0.3) is 0 Å². The van der Waals surface area contributed by atoms with E-state index in [1.54, 1.807) is 13.2 Å². The molecule has 1 unspecified atom stereocenters. The third-order valence-electron chi connectivity index (χ3n) is 2.89. The smallest absolute Gasteiger partial charge is 0.121 e. The van der Waals surface area contributed by atoms with Gasteiger partial charge in [0.2, 0.25) is 0 Å². The molecular weight excluding hydrogens is 303 g/mol. The molecule has 2 rings (SSSR count). The largest absolute Gasteiger partial charge is 0.496 e. The number of hydrogen-bond acceptors (Lipinski definition) is 1. The van der Waals surface area contributed by atoms with Crippen LogP contribution >= 0.6 is 34.8 Å². The summed E-state index contributed by atoms with van der Waals surface area (Å²) in [5, 5.41) is 0.873. The van der Waals surface area contributed by atoms with E-state index < -0.39 is 0 Å². The Morgan fingerprint density at radius 1 is 0.947 bits per heavy atom. The number of hydrogen-bond donors (Lipinski definition) is 0. The van der Waals surface area contributed by atoms with E-state index in [4.69, 9.17) is 39.5 Å². The Bertz CT molecular complexity index is 576. The number of methoxy groups -OCH3 is 1. The topological polar surface area (TPSA) is 9.23 Å². The highest BCUT2D eigenvalue weighted by Gasteiger charge is 2.13. The number of ether oxygens (including phenoxy) is 1. The van der Waals surface area contributed by atoms with Gasteiger partial charge in [-0.15, -0.1) is 11.6 Å². The van der Waals surface area contributed by atoms with Crippen LogP contribution in [0, 0.1) is 6.92 Å². The van der Waals surface area contributed by atoms with Crippen LogP contribution < -0.4 is 4.74 Å². The van der Waals surface area contributed by atoms with Crippen molar-refractivity contribution in [1.82, 2.24) is 0 Å². The van der Waals surface area contributed by atoms with Crippen molar-refractivity contribution in [2.75, 3.05) is 7.11 Å². The average molecular weight is 316 g/mol. The molecule has 100 valence electrons. The quantitative estimate of drug-likeness (QED) is 0.666. The maximum atomic E-state index is 6.48. The second-order valence-electron chi connectivity index (χ2n) is 4.29. The van der Waals surface area contributed by atoms with E-state index in [2.05, 4.69) is 0 Å². The molecule has 0 amide bonds. The fourth-order valence-electron chi connectivity index (χ4n) is 1.97. The molecule has 0 heterocycles. The Kier molecular flexibility index (Phi) is 4.62. The Labute approximate surface area is 128 Å². The van der Waals surface area contributed by atoms with E-state index in [-0.39, 0.29) is 5.38 Å². The van der Waals surface area contributed by atoms with E-state index in [9.17, 15) is 0 Å². The van der Waals surface area contributed by atoms with Gasteiger partial charge < -0.3 is 4.74 Å². The Morgan fingerprint density at radius 2 is 1.58 bits per heavy atom. The molecule has 0 fully saturated rings.